The van der Waals surface area contributed by atoms with Crippen molar-refractivity contribution in [3.05, 3.63) is 18.5 Å². The van der Waals surface area contributed by atoms with Gasteiger partial charge in [0.1, 0.15) is 0 Å². The van der Waals surface area contributed by atoms with Gasteiger partial charge in [-0.15, -0.1) is 0 Å². The van der Waals surface area contributed by atoms with Crippen LogP contribution in [0.4, 0.5) is 11.4 Å². The molecule has 0 atom stereocenters. The number of nitrogens with one attached hydrogen (secondary N) is 2. The number of aromatic nitrogens is 1. The van der Waals surface area contributed by atoms with Crippen LogP contribution >= 0.6 is 0 Å². The molecule has 0 bridgehead atoms. The lowest BCUT2D eigenvalue weighted by Crippen LogP contribution is -2.42. The van der Waals surface area contributed by atoms with Gasteiger partial charge < -0.3 is 15.7 Å². The first-order valence-corrected chi connectivity index (χ1v) is 7.02. The molecule has 1 aromatic rings. The summed E-state index contributed by atoms with van der Waals surface area (Å²) in [5, 5.41) is 17.0. The molecule has 0 aliphatic heterocycles. The van der Waals surface area contributed by atoms with Gasteiger partial charge in [-0.3, -0.25) is 4.98 Å². The van der Waals surface area contributed by atoms with Gasteiger partial charge in [-0.25, -0.2) is 0 Å². The van der Waals surface area contributed by atoms with Gasteiger partial charge in [0.25, 0.3) is 0 Å². The van der Waals surface area contributed by atoms with Crippen LogP contribution in [0, 0.1) is 5.41 Å². The summed E-state index contributed by atoms with van der Waals surface area (Å²) in [6.07, 6.45) is 7.47. The summed E-state index contributed by atoms with van der Waals surface area (Å²) in [7, 11) is 1.87. The van der Waals surface area contributed by atoms with E-state index in [-0.39, 0.29) is 0 Å². The lowest BCUT2D eigenvalue weighted by molar-refractivity contribution is -0.0145. The number of nitrogens with zero attached hydrogens (tertiary/aromatic N) is 1. The van der Waals surface area contributed by atoms with Gasteiger partial charge >= 0.3 is 0 Å². The molecule has 1 aliphatic rings. The predicted octanol–water partition coefficient (Wildman–Crippen LogP) is 2.87. The Balaban J connectivity index is 1.91. The third-order valence-corrected chi connectivity index (χ3v) is 4.18. The molecule has 1 aromatic heterocycles. The molecule has 106 valence electrons. The smallest absolute Gasteiger partial charge is 0.0819 e. The van der Waals surface area contributed by atoms with E-state index < -0.39 is 5.60 Å². The van der Waals surface area contributed by atoms with Crippen molar-refractivity contribution in [1.82, 2.24) is 4.98 Å². The van der Waals surface area contributed by atoms with Gasteiger partial charge in [0.05, 0.1) is 29.4 Å². The Labute approximate surface area is 115 Å². The average molecular weight is 263 g/mol. The molecular weight excluding hydrogens is 238 g/mol. The molecule has 4 heteroatoms. The zero-order chi connectivity index (χ0) is 13.9. The van der Waals surface area contributed by atoms with Gasteiger partial charge in [0, 0.05) is 13.6 Å². The first-order chi connectivity index (χ1) is 8.92. The number of hydrogen-bond donors (Lipinski definition) is 3. The fourth-order valence-electron chi connectivity index (χ4n) is 2.51. The van der Waals surface area contributed by atoms with E-state index in [0.29, 0.717) is 12.0 Å². The highest BCUT2D eigenvalue weighted by atomic mass is 16.3. The third-order valence-electron chi connectivity index (χ3n) is 4.18. The molecule has 1 aliphatic carbocycles. The minimum absolute atomic E-state index is 0.375. The normalized spacial score (nSPS) is 20.8. The summed E-state index contributed by atoms with van der Waals surface area (Å²) in [6, 6.07) is 2.00. The van der Waals surface area contributed by atoms with Crippen LogP contribution in [0.1, 0.15) is 39.5 Å². The Morgan fingerprint density at radius 2 is 1.79 bits per heavy atom. The maximum Gasteiger partial charge on any atom is 0.0819 e. The summed E-state index contributed by atoms with van der Waals surface area (Å²) in [4.78, 5) is 4.16. The second-order valence-corrected chi connectivity index (χ2v) is 6.45. The van der Waals surface area contributed by atoms with E-state index in [1.54, 1.807) is 12.4 Å². The molecule has 0 radical (unpaired) electrons. The van der Waals surface area contributed by atoms with Crippen molar-refractivity contribution in [2.75, 3.05) is 24.2 Å². The monoisotopic (exact) mass is 263 g/mol. The molecule has 0 amide bonds. The largest absolute Gasteiger partial charge is 0.388 e. The van der Waals surface area contributed by atoms with Crippen LogP contribution in [0.3, 0.4) is 0 Å². The molecule has 1 fully saturated rings. The van der Waals surface area contributed by atoms with E-state index in [9.17, 15) is 5.11 Å². The predicted molar refractivity (Wildman–Crippen MR) is 79.5 cm³/mol. The highest BCUT2D eigenvalue weighted by Crippen LogP contribution is 2.40. The summed E-state index contributed by atoms with van der Waals surface area (Å²) in [6.45, 7) is 5.15. The van der Waals surface area contributed by atoms with Crippen molar-refractivity contribution in [2.45, 2.75) is 45.1 Å². The minimum atomic E-state index is -0.578. The van der Waals surface area contributed by atoms with Crippen LogP contribution in [0.2, 0.25) is 0 Å². The molecule has 1 heterocycles. The molecule has 3 N–H and O–H groups in total. The Hall–Kier alpha value is -1.29. The fourth-order valence-corrected chi connectivity index (χ4v) is 2.51. The van der Waals surface area contributed by atoms with Crippen molar-refractivity contribution in [2.24, 2.45) is 5.41 Å². The van der Waals surface area contributed by atoms with Crippen molar-refractivity contribution < 1.29 is 5.11 Å². The van der Waals surface area contributed by atoms with E-state index >= 15 is 0 Å². The Bertz CT molecular complexity index is 421. The maximum absolute atomic E-state index is 10.6. The van der Waals surface area contributed by atoms with Crippen molar-refractivity contribution in [3.63, 3.8) is 0 Å². The van der Waals surface area contributed by atoms with Crippen molar-refractivity contribution in [1.29, 1.82) is 0 Å². The molecular formula is C15H25N3O. The quantitative estimate of drug-likeness (QED) is 0.782. The van der Waals surface area contributed by atoms with E-state index in [4.69, 9.17) is 0 Å². The maximum atomic E-state index is 10.6. The lowest BCUT2D eigenvalue weighted by Gasteiger charge is -2.40. The topological polar surface area (TPSA) is 57.2 Å². The van der Waals surface area contributed by atoms with Crippen LogP contribution in [0.5, 0.6) is 0 Å². The summed E-state index contributed by atoms with van der Waals surface area (Å²) in [5.41, 5.74) is 1.72. The Morgan fingerprint density at radius 3 is 2.42 bits per heavy atom. The fraction of sp³-hybridized carbons (Fsp3) is 0.667. The van der Waals surface area contributed by atoms with E-state index in [1.807, 2.05) is 13.1 Å². The molecule has 19 heavy (non-hydrogen) atoms. The minimum Gasteiger partial charge on any atom is -0.388 e. The molecule has 4 nitrogen and oxygen atoms in total. The van der Waals surface area contributed by atoms with Crippen LogP contribution < -0.4 is 10.6 Å². The molecule has 1 saturated carbocycles. The second kappa shape index (κ2) is 5.37. The number of rotatable bonds is 4. The molecule has 0 spiro atoms. The lowest BCUT2D eigenvalue weighted by atomic mass is 9.71. The highest BCUT2D eigenvalue weighted by Gasteiger charge is 2.36. The van der Waals surface area contributed by atoms with Gasteiger partial charge in [-0.05, 0) is 37.2 Å². The van der Waals surface area contributed by atoms with Crippen LogP contribution in [0.25, 0.3) is 0 Å². The van der Waals surface area contributed by atoms with Crippen molar-refractivity contribution in [3.8, 4) is 0 Å². The van der Waals surface area contributed by atoms with E-state index in [1.165, 1.54) is 0 Å². The van der Waals surface area contributed by atoms with Crippen LogP contribution in [0.15, 0.2) is 18.5 Å². The summed E-state index contributed by atoms with van der Waals surface area (Å²) in [5.74, 6) is 0. The molecule has 0 aromatic carbocycles. The average Bonchev–Trinajstić information content (AvgIpc) is 2.41. The summed E-state index contributed by atoms with van der Waals surface area (Å²) < 4.78 is 0. The number of aliphatic hydroxyl groups is 1. The highest BCUT2D eigenvalue weighted by molar-refractivity contribution is 5.53. The first-order valence-electron chi connectivity index (χ1n) is 7.02. The number of pyridine rings is 1. The molecule has 0 unspecified atom stereocenters. The third kappa shape index (κ3) is 3.83. The molecule has 0 saturated heterocycles. The number of anilines is 2. The zero-order valence-corrected chi connectivity index (χ0v) is 12.2. The Morgan fingerprint density at radius 1 is 1.16 bits per heavy atom. The first kappa shape index (κ1) is 14.1. The Kier molecular flexibility index (Phi) is 3.99. The zero-order valence-electron chi connectivity index (χ0n) is 12.2. The van der Waals surface area contributed by atoms with Gasteiger partial charge in [-0.1, -0.05) is 13.8 Å². The standard InChI is InChI=1S/C15H25N3O/c1-14(2)4-6-15(19,7-5-14)11-18-13-8-12(16-3)9-17-10-13/h8-10,16,18-19H,4-7,11H2,1-3H3. The van der Waals surface area contributed by atoms with Gasteiger partial charge in [0.2, 0.25) is 0 Å². The SMILES string of the molecule is CNc1cncc(NCC2(O)CCC(C)(C)CC2)c1. The molecule has 2 rings (SSSR count). The summed E-state index contributed by atoms with van der Waals surface area (Å²) >= 11 is 0. The van der Waals surface area contributed by atoms with E-state index in [2.05, 4.69) is 29.5 Å². The van der Waals surface area contributed by atoms with Gasteiger partial charge in [-0.2, -0.15) is 0 Å². The van der Waals surface area contributed by atoms with Crippen LogP contribution in [-0.2, 0) is 0 Å². The van der Waals surface area contributed by atoms with Crippen molar-refractivity contribution >= 4 is 11.4 Å². The number of hydrogen-bond acceptors (Lipinski definition) is 4. The van der Waals surface area contributed by atoms with Crippen LogP contribution in [-0.4, -0.2) is 29.3 Å². The second-order valence-electron chi connectivity index (χ2n) is 6.45. The van der Waals surface area contributed by atoms with E-state index in [0.717, 1.165) is 37.1 Å². The van der Waals surface area contributed by atoms with Gasteiger partial charge in [0.15, 0.2) is 0 Å².